The SMILES string of the molecule is O=c1[nH]c(=O)n(C2CC(F)C(CO)O2)cc1C(I)=CI. The van der Waals surface area contributed by atoms with Gasteiger partial charge < -0.3 is 9.84 Å². The standard InChI is InChI=1S/C11H11FI2N2O4/c12-6-1-9(20-8(6)4-17)16-3-5(7(14)2-13)10(18)15-11(16)19/h2-3,6,8-9,17H,1,4H2,(H,15,18,19). The van der Waals surface area contributed by atoms with Gasteiger partial charge in [0.15, 0.2) is 0 Å². The van der Waals surface area contributed by atoms with Crippen molar-refractivity contribution in [2.45, 2.75) is 24.9 Å². The van der Waals surface area contributed by atoms with Crippen molar-refractivity contribution in [2.75, 3.05) is 6.61 Å². The molecule has 3 unspecified atom stereocenters. The van der Waals surface area contributed by atoms with Crippen LogP contribution in [0.1, 0.15) is 18.2 Å². The molecule has 20 heavy (non-hydrogen) atoms. The summed E-state index contributed by atoms with van der Waals surface area (Å²) in [5.41, 5.74) is -0.852. The second-order valence-corrected chi connectivity index (χ2v) is 6.01. The van der Waals surface area contributed by atoms with Crippen LogP contribution in [0.2, 0.25) is 0 Å². The molecular formula is C11H11FI2N2O4. The Morgan fingerprint density at radius 2 is 2.35 bits per heavy atom. The number of alkyl halides is 1. The van der Waals surface area contributed by atoms with Crippen molar-refractivity contribution < 1.29 is 14.2 Å². The highest BCUT2D eigenvalue weighted by Gasteiger charge is 2.36. The van der Waals surface area contributed by atoms with Gasteiger partial charge in [0.25, 0.3) is 5.56 Å². The van der Waals surface area contributed by atoms with Crippen LogP contribution in [0.3, 0.4) is 0 Å². The Hall–Kier alpha value is -0.270. The van der Waals surface area contributed by atoms with E-state index in [-0.39, 0.29) is 6.42 Å². The fourth-order valence-corrected chi connectivity index (χ4v) is 2.67. The molecule has 1 aliphatic heterocycles. The number of nitrogens with one attached hydrogen (secondary N) is 1. The molecule has 0 aromatic carbocycles. The lowest BCUT2D eigenvalue weighted by molar-refractivity contribution is -0.0356. The molecule has 6 nitrogen and oxygen atoms in total. The fourth-order valence-electron chi connectivity index (χ4n) is 1.95. The highest BCUT2D eigenvalue weighted by Crippen LogP contribution is 2.30. The molecule has 110 valence electrons. The first-order chi connectivity index (χ1) is 9.47. The molecule has 0 saturated carbocycles. The van der Waals surface area contributed by atoms with Crippen molar-refractivity contribution in [2.24, 2.45) is 0 Å². The number of hydrogen-bond acceptors (Lipinski definition) is 4. The van der Waals surface area contributed by atoms with Crippen molar-refractivity contribution in [3.05, 3.63) is 36.7 Å². The zero-order valence-corrected chi connectivity index (χ0v) is 14.4. The number of nitrogens with zero attached hydrogens (tertiary/aromatic N) is 1. The van der Waals surface area contributed by atoms with Gasteiger partial charge in [0.1, 0.15) is 18.5 Å². The number of aliphatic hydroxyl groups excluding tert-OH is 1. The monoisotopic (exact) mass is 508 g/mol. The number of hydrogen-bond donors (Lipinski definition) is 2. The molecule has 1 fully saturated rings. The van der Waals surface area contributed by atoms with Gasteiger partial charge in [0, 0.05) is 16.2 Å². The molecule has 3 atom stereocenters. The molecule has 1 aromatic heterocycles. The van der Waals surface area contributed by atoms with Crippen LogP contribution < -0.4 is 11.2 Å². The maximum Gasteiger partial charge on any atom is 0.330 e. The van der Waals surface area contributed by atoms with E-state index in [4.69, 9.17) is 9.84 Å². The van der Waals surface area contributed by atoms with Crippen LogP contribution in [0.15, 0.2) is 19.9 Å². The largest absolute Gasteiger partial charge is 0.394 e. The van der Waals surface area contributed by atoms with E-state index in [1.807, 2.05) is 45.2 Å². The summed E-state index contributed by atoms with van der Waals surface area (Å²) in [6.45, 7) is -0.451. The molecular weight excluding hydrogens is 497 g/mol. The lowest BCUT2D eigenvalue weighted by Gasteiger charge is -2.15. The van der Waals surface area contributed by atoms with Crippen LogP contribution >= 0.6 is 45.2 Å². The van der Waals surface area contributed by atoms with Gasteiger partial charge in [-0.2, -0.15) is 0 Å². The maximum absolute atomic E-state index is 13.6. The summed E-state index contributed by atoms with van der Waals surface area (Å²) in [4.78, 5) is 25.7. The molecule has 2 heterocycles. The number of ether oxygens (including phenoxy) is 1. The first kappa shape index (κ1) is 16.1. The van der Waals surface area contributed by atoms with Gasteiger partial charge in [-0.3, -0.25) is 14.3 Å². The second-order valence-electron chi connectivity index (χ2n) is 4.23. The quantitative estimate of drug-likeness (QED) is 0.604. The maximum atomic E-state index is 13.6. The van der Waals surface area contributed by atoms with E-state index in [2.05, 4.69) is 4.98 Å². The molecule has 2 rings (SSSR count). The minimum absolute atomic E-state index is 0.0405. The molecule has 0 radical (unpaired) electrons. The number of aromatic amines is 1. The first-order valence-electron chi connectivity index (χ1n) is 5.70. The minimum Gasteiger partial charge on any atom is -0.394 e. The summed E-state index contributed by atoms with van der Waals surface area (Å²) in [6, 6.07) is 0. The number of aromatic nitrogens is 2. The number of H-pyrrole nitrogens is 1. The molecule has 1 saturated heterocycles. The van der Waals surface area contributed by atoms with Gasteiger partial charge in [-0.25, -0.2) is 9.18 Å². The summed E-state index contributed by atoms with van der Waals surface area (Å²) in [7, 11) is 0. The number of rotatable bonds is 3. The van der Waals surface area contributed by atoms with Crippen LogP contribution in [0.5, 0.6) is 0 Å². The molecule has 0 aliphatic carbocycles. The summed E-state index contributed by atoms with van der Waals surface area (Å²) in [6.07, 6.45) is -1.80. The Morgan fingerprint density at radius 3 is 2.90 bits per heavy atom. The lowest BCUT2D eigenvalue weighted by Crippen LogP contribution is -2.33. The molecule has 0 bridgehead atoms. The third-order valence-electron chi connectivity index (χ3n) is 2.97. The van der Waals surface area contributed by atoms with Crippen molar-refractivity contribution in [3.8, 4) is 0 Å². The molecule has 9 heteroatoms. The number of aliphatic hydroxyl groups is 1. The zero-order valence-electron chi connectivity index (χ0n) is 10.1. The van der Waals surface area contributed by atoms with Crippen molar-refractivity contribution in [3.63, 3.8) is 0 Å². The van der Waals surface area contributed by atoms with Gasteiger partial charge in [0.05, 0.1) is 12.2 Å². The van der Waals surface area contributed by atoms with E-state index in [1.54, 1.807) is 4.08 Å². The van der Waals surface area contributed by atoms with Crippen molar-refractivity contribution >= 4 is 48.8 Å². The predicted octanol–water partition coefficient (Wildman–Crippen LogP) is 1.32. The van der Waals surface area contributed by atoms with E-state index < -0.39 is 36.4 Å². The van der Waals surface area contributed by atoms with E-state index >= 15 is 0 Å². The molecule has 0 spiro atoms. The van der Waals surface area contributed by atoms with E-state index in [0.29, 0.717) is 9.14 Å². The van der Waals surface area contributed by atoms with Crippen LogP contribution in [-0.4, -0.2) is 33.5 Å². The Kier molecular flexibility index (Phi) is 5.36. The Bertz CT molecular complexity index is 642. The van der Waals surface area contributed by atoms with Crippen LogP contribution in [0.4, 0.5) is 4.39 Å². The average Bonchev–Trinajstić information content (AvgIpc) is 2.79. The fraction of sp³-hybridized carbons (Fsp3) is 0.455. The van der Waals surface area contributed by atoms with Crippen LogP contribution in [-0.2, 0) is 4.74 Å². The summed E-state index contributed by atoms with van der Waals surface area (Å²) in [5.74, 6) is 0. The topological polar surface area (TPSA) is 84.3 Å². The lowest BCUT2D eigenvalue weighted by atomic mass is 10.2. The van der Waals surface area contributed by atoms with Crippen LogP contribution in [0.25, 0.3) is 3.58 Å². The molecule has 1 aromatic rings. The predicted molar refractivity (Wildman–Crippen MR) is 87.8 cm³/mol. The van der Waals surface area contributed by atoms with E-state index in [9.17, 15) is 14.0 Å². The van der Waals surface area contributed by atoms with Gasteiger partial charge in [-0.05, 0) is 26.7 Å². The van der Waals surface area contributed by atoms with Gasteiger partial charge in [-0.15, -0.1) is 0 Å². The van der Waals surface area contributed by atoms with E-state index in [0.717, 1.165) is 4.57 Å². The molecule has 0 amide bonds. The van der Waals surface area contributed by atoms with Crippen molar-refractivity contribution in [1.82, 2.24) is 9.55 Å². The Morgan fingerprint density at radius 1 is 1.65 bits per heavy atom. The summed E-state index contributed by atoms with van der Waals surface area (Å²) >= 11 is 3.95. The Balaban J connectivity index is 2.43. The number of halogens is 3. The summed E-state index contributed by atoms with van der Waals surface area (Å²) in [5, 5.41) is 8.97. The highest BCUT2D eigenvalue weighted by molar-refractivity contribution is 14.1. The van der Waals surface area contributed by atoms with Gasteiger partial charge in [0.2, 0.25) is 0 Å². The van der Waals surface area contributed by atoms with Crippen LogP contribution in [0, 0.1) is 0 Å². The van der Waals surface area contributed by atoms with Gasteiger partial charge in [-0.1, -0.05) is 22.6 Å². The smallest absolute Gasteiger partial charge is 0.330 e. The Labute approximate surface area is 140 Å². The third kappa shape index (κ3) is 3.14. The second kappa shape index (κ2) is 6.66. The zero-order chi connectivity index (χ0) is 14.9. The highest BCUT2D eigenvalue weighted by atomic mass is 127. The minimum atomic E-state index is -1.34. The molecule has 1 aliphatic rings. The normalized spacial score (nSPS) is 27.0. The van der Waals surface area contributed by atoms with E-state index in [1.165, 1.54) is 6.20 Å². The average molecular weight is 508 g/mol. The summed E-state index contributed by atoms with van der Waals surface area (Å²) < 4.78 is 22.4. The third-order valence-corrected chi connectivity index (χ3v) is 5.68. The molecule has 2 N–H and O–H groups in total. The first-order valence-corrected chi connectivity index (χ1v) is 8.02. The van der Waals surface area contributed by atoms with Crippen molar-refractivity contribution in [1.29, 1.82) is 0 Å². The van der Waals surface area contributed by atoms with Gasteiger partial charge >= 0.3 is 5.69 Å².